The maximum atomic E-state index is 11.7. The molecule has 2 aromatic rings. The lowest BCUT2D eigenvalue weighted by atomic mass is 9.75. The van der Waals surface area contributed by atoms with E-state index >= 15 is 0 Å². The van der Waals surface area contributed by atoms with Crippen LogP contribution in [0, 0.1) is 0 Å². The molecule has 1 heterocycles. The van der Waals surface area contributed by atoms with Crippen molar-refractivity contribution in [1.82, 2.24) is 4.90 Å². The highest BCUT2D eigenvalue weighted by atomic mass is 35.5. The summed E-state index contributed by atoms with van der Waals surface area (Å²) in [4.78, 5) is 2.51. The van der Waals surface area contributed by atoms with E-state index in [-0.39, 0.29) is 30.9 Å². The summed E-state index contributed by atoms with van der Waals surface area (Å²) in [7, 11) is 0. The van der Waals surface area contributed by atoms with Crippen LogP contribution < -0.4 is 5.73 Å². The Bertz CT molecular complexity index is 873. The highest BCUT2D eigenvalue weighted by molar-refractivity contribution is 6.42. The van der Waals surface area contributed by atoms with Crippen molar-refractivity contribution >= 4 is 48.0 Å². The van der Waals surface area contributed by atoms with Crippen LogP contribution in [0.15, 0.2) is 42.5 Å². The number of benzene rings is 2. The number of likely N-dealkylation sites (tertiary alicyclic amines) is 1. The minimum absolute atomic E-state index is 0. The maximum Gasteiger partial charge on any atom is 0.0805 e. The third kappa shape index (κ3) is 6.54. The van der Waals surface area contributed by atoms with Crippen molar-refractivity contribution in [2.24, 2.45) is 5.73 Å². The second kappa shape index (κ2) is 12.3. The Morgan fingerprint density at radius 1 is 0.938 bits per heavy atom. The number of nitrogens with zero attached hydrogens (tertiary/aromatic N) is 1. The standard InChI is InChI=1S/C25H32Cl2N2O.2ClH/c26-22-8-7-20(17-23(22)27)19-5-3-4-18(16-19)9-13-25(30)12-2-1-6-24(25)29-14-10-21(28)11-15-29;;/h3-5,7-8,16-17,21,24,30H,1-2,6,9-15,28H2;2*1H. The molecule has 7 heteroatoms. The number of nitrogens with two attached hydrogens (primary N) is 1. The first kappa shape index (κ1) is 27.7. The van der Waals surface area contributed by atoms with Crippen molar-refractivity contribution in [2.45, 2.75) is 69.1 Å². The van der Waals surface area contributed by atoms with Crippen molar-refractivity contribution in [3.05, 3.63) is 58.1 Å². The number of hydrogen-bond acceptors (Lipinski definition) is 3. The molecule has 2 aromatic carbocycles. The Kier molecular flexibility index (Phi) is 10.6. The lowest BCUT2D eigenvalue weighted by Gasteiger charge is -2.48. The number of aryl methyl sites for hydroxylation is 1. The van der Waals surface area contributed by atoms with E-state index in [4.69, 9.17) is 28.9 Å². The molecule has 3 N–H and O–H groups in total. The average molecular weight is 520 g/mol. The summed E-state index contributed by atoms with van der Waals surface area (Å²) in [5.74, 6) is 0. The highest BCUT2D eigenvalue weighted by Crippen LogP contribution is 2.37. The molecule has 0 radical (unpaired) electrons. The molecular formula is C25H34Cl4N2O. The quantitative estimate of drug-likeness (QED) is 0.471. The second-order valence-corrected chi connectivity index (χ2v) is 9.88. The number of rotatable bonds is 5. The molecule has 1 saturated carbocycles. The lowest BCUT2D eigenvalue weighted by molar-refractivity contribution is -0.0841. The number of aliphatic hydroxyl groups is 1. The Morgan fingerprint density at radius 3 is 2.38 bits per heavy atom. The molecule has 178 valence electrons. The molecule has 1 aliphatic carbocycles. The molecule has 2 fully saturated rings. The van der Waals surface area contributed by atoms with Crippen molar-refractivity contribution in [2.75, 3.05) is 13.1 Å². The zero-order valence-corrected chi connectivity index (χ0v) is 21.5. The van der Waals surface area contributed by atoms with Crippen LogP contribution in [0.25, 0.3) is 11.1 Å². The van der Waals surface area contributed by atoms with E-state index in [0.717, 1.165) is 69.2 Å². The molecule has 0 bridgehead atoms. The second-order valence-electron chi connectivity index (χ2n) is 9.07. The van der Waals surface area contributed by atoms with Crippen molar-refractivity contribution < 1.29 is 5.11 Å². The Balaban J connectivity index is 0.00000181. The molecule has 1 saturated heterocycles. The zero-order chi connectivity index (χ0) is 21.1. The van der Waals surface area contributed by atoms with Gasteiger partial charge in [0.1, 0.15) is 0 Å². The fourth-order valence-corrected chi connectivity index (χ4v) is 5.49. The molecule has 0 spiro atoms. The molecule has 32 heavy (non-hydrogen) atoms. The van der Waals surface area contributed by atoms with E-state index < -0.39 is 5.60 Å². The lowest BCUT2D eigenvalue weighted by Crippen LogP contribution is -2.57. The molecular weight excluding hydrogens is 486 g/mol. The Labute approximate surface area is 214 Å². The molecule has 0 amide bonds. The van der Waals surface area contributed by atoms with E-state index in [1.54, 1.807) is 0 Å². The SMILES string of the molecule is Cl.Cl.NC1CCN(C2CCCCC2(O)CCc2cccc(-c3ccc(Cl)c(Cl)c3)c2)CC1. The molecule has 3 nitrogen and oxygen atoms in total. The molecule has 0 aromatic heterocycles. The molecule has 2 unspecified atom stereocenters. The van der Waals surface area contributed by atoms with Crippen LogP contribution in [0.5, 0.6) is 0 Å². The summed E-state index contributed by atoms with van der Waals surface area (Å²) in [6.07, 6.45) is 8.06. The fourth-order valence-electron chi connectivity index (χ4n) is 5.19. The van der Waals surface area contributed by atoms with Gasteiger partial charge in [-0.1, -0.05) is 66.4 Å². The van der Waals surface area contributed by atoms with Crippen molar-refractivity contribution in [3.8, 4) is 11.1 Å². The molecule has 2 aliphatic rings. The van der Waals surface area contributed by atoms with Gasteiger partial charge in [0, 0.05) is 25.2 Å². The summed E-state index contributed by atoms with van der Waals surface area (Å²) in [5.41, 5.74) is 8.93. The summed E-state index contributed by atoms with van der Waals surface area (Å²) >= 11 is 12.3. The summed E-state index contributed by atoms with van der Waals surface area (Å²) < 4.78 is 0. The van der Waals surface area contributed by atoms with Gasteiger partial charge >= 0.3 is 0 Å². The molecule has 2 atom stereocenters. The normalized spacial score (nSPS) is 24.4. The van der Waals surface area contributed by atoms with Crippen LogP contribution in [0.3, 0.4) is 0 Å². The van der Waals surface area contributed by atoms with E-state index in [1.807, 2.05) is 18.2 Å². The van der Waals surface area contributed by atoms with Crippen molar-refractivity contribution in [3.63, 3.8) is 0 Å². The van der Waals surface area contributed by atoms with Gasteiger partial charge in [-0.05, 0) is 67.3 Å². The average Bonchev–Trinajstić information content (AvgIpc) is 2.76. The van der Waals surface area contributed by atoms with Crippen LogP contribution in [0.4, 0.5) is 0 Å². The molecule has 4 rings (SSSR count). The van der Waals surface area contributed by atoms with Gasteiger partial charge in [0.2, 0.25) is 0 Å². The van der Waals surface area contributed by atoms with Crippen LogP contribution in [-0.2, 0) is 6.42 Å². The zero-order valence-electron chi connectivity index (χ0n) is 18.3. The number of piperidine rings is 1. The first-order valence-corrected chi connectivity index (χ1v) is 12.0. The van der Waals surface area contributed by atoms with Crippen LogP contribution in [-0.4, -0.2) is 40.8 Å². The Hall–Kier alpha value is -0.520. The smallest absolute Gasteiger partial charge is 0.0805 e. The van der Waals surface area contributed by atoms with Gasteiger partial charge < -0.3 is 10.8 Å². The monoisotopic (exact) mass is 518 g/mol. The fraction of sp³-hybridized carbons (Fsp3) is 0.520. The van der Waals surface area contributed by atoms with Crippen LogP contribution in [0.1, 0.15) is 50.5 Å². The third-order valence-corrected chi connectivity index (χ3v) is 7.74. The topological polar surface area (TPSA) is 49.5 Å². The van der Waals surface area contributed by atoms with Crippen LogP contribution in [0.2, 0.25) is 10.0 Å². The summed E-state index contributed by atoms with van der Waals surface area (Å²) in [6, 6.07) is 14.9. The van der Waals surface area contributed by atoms with E-state index in [1.165, 1.54) is 12.0 Å². The maximum absolute atomic E-state index is 11.7. The highest BCUT2D eigenvalue weighted by Gasteiger charge is 2.42. The van der Waals surface area contributed by atoms with E-state index in [9.17, 15) is 5.11 Å². The van der Waals surface area contributed by atoms with Crippen LogP contribution >= 0.6 is 48.0 Å². The summed E-state index contributed by atoms with van der Waals surface area (Å²) in [5, 5.41) is 12.8. The predicted octanol–water partition coefficient (Wildman–Crippen LogP) is 6.53. The number of hydrogen-bond donors (Lipinski definition) is 2. The minimum Gasteiger partial charge on any atom is -0.388 e. The van der Waals surface area contributed by atoms with Crippen molar-refractivity contribution in [1.29, 1.82) is 0 Å². The third-order valence-electron chi connectivity index (χ3n) is 7.00. The van der Waals surface area contributed by atoms with Gasteiger partial charge in [-0.2, -0.15) is 0 Å². The predicted molar refractivity (Wildman–Crippen MR) is 141 cm³/mol. The minimum atomic E-state index is -0.612. The van der Waals surface area contributed by atoms with Gasteiger partial charge in [0.25, 0.3) is 0 Å². The van der Waals surface area contributed by atoms with Gasteiger partial charge in [-0.3, -0.25) is 4.90 Å². The van der Waals surface area contributed by atoms with E-state index in [2.05, 4.69) is 29.2 Å². The number of halogens is 4. The van der Waals surface area contributed by atoms with Gasteiger partial charge in [0.15, 0.2) is 0 Å². The van der Waals surface area contributed by atoms with E-state index in [0.29, 0.717) is 16.1 Å². The van der Waals surface area contributed by atoms with Gasteiger partial charge in [-0.15, -0.1) is 24.8 Å². The largest absolute Gasteiger partial charge is 0.388 e. The first-order valence-electron chi connectivity index (χ1n) is 11.2. The van der Waals surface area contributed by atoms with Gasteiger partial charge in [0.05, 0.1) is 15.6 Å². The summed E-state index contributed by atoms with van der Waals surface area (Å²) in [6.45, 7) is 2.03. The Morgan fingerprint density at radius 2 is 1.66 bits per heavy atom. The van der Waals surface area contributed by atoms with Gasteiger partial charge in [-0.25, -0.2) is 0 Å². The molecule has 1 aliphatic heterocycles. The first-order chi connectivity index (χ1) is 14.4.